The van der Waals surface area contributed by atoms with Crippen molar-refractivity contribution in [2.75, 3.05) is 0 Å². The van der Waals surface area contributed by atoms with Crippen molar-refractivity contribution >= 4 is 23.5 Å². The zero-order valence-electron chi connectivity index (χ0n) is 10.9. The lowest BCUT2D eigenvalue weighted by Crippen LogP contribution is -1.82. The lowest BCUT2D eigenvalue weighted by Gasteiger charge is -1.94. The van der Waals surface area contributed by atoms with Crippen LogP contribution in [0.5, 0.6) is 5.95 Å². The van der Waals surface area contributed by atoms with Crippen LogP contribution in [0.4, 0.5) is 5.69 Å². The molecular weight excluding hydrogens is 288 g/mol. The molecule has 1 N–H and O–H groups in total. The smallest absolute Gasteiger partial charge is 0.312 e. The summed E-state index contributed by atoms with van der Waals surface area (Å²) in [5, 5.41) is 10.3. The molecule has 0 saturated carbocycles. The van der Waals surface area contributed by atoms with Crippen LogP contribution in [0.1, 0.15) is 5.69 Å². The zero-order chi connectivity index (χ0) is 14.7. The summed E-state index contributed by atoms with van der Waals surface area (Å²) in [4.78, 5) is 8.42. The number of hydrogen-bond acceptors (Lipinski definition) is 4. The number of aromatic nitrogens is 1. The first-order valence-corrected chi connectivity index (χ1v) is 6.65. The average Bonchev–Trinajstić information content (AvgIpc) is 2.89. The summed E-state index contributed by atoms with van der Waals surface area (Å²) in [5.74, 6) is 0.0679. The van der Waals surface area contributed by atoms with E-state index in [2.05, 4.69) is 9.98 Å². The van der Waals surface area contributed by atoms with Crippen LogP contribution in [0.2, 0.25) is 5.02 Å². The maximum Gasteiger partial charge on any atom is 0.312 e. The Kier molecular flexibility index (Phi) is 3.71. The molecule has 0 radical (unpaired) electrons. The minimum Gasteiger partial charge on any atom is -0.479 e. The van der Waals surface area contributed by atoms with Gasteiger partial charge in [0.1, 0.15) is 0 Å². The third kappa shape index (κ3) is 2.95. The quantitative estimate of drug-likeness (QED) is 0.727. The Hall–Kier alpha value is -2.59. The fourth-order valence-electron chi connectivity index (χ4n) is 1.80. The molecule has 2 aromatic carbocycles. The van der Waals surface area contributed by atoms with E-state index in [1.807, 2.05) is 42.5 Å². The minimum atomic E-state index is -0.273. The number of hydrogen-bond donors (Lipinski definition) is 1. The molecule has 0 amide bonds. The van der Waals surface area contributed by atoms with Gasteiger partial charge in [-0.3, -0.25) is 4.99 Å². The van der Waals surface area contributed by atoms with Crippen molar-refractivity contribution < 1.29 is 9.52 Å². The third-order valence-electron chi connectivity index (χ3n) is 2.83. The van der Waals surface area contributed by atoms with Gasteiger partial charge < -0.3 is 9.52 Å². The summed E-state index contributed by atoms with van der Waals surface area (Å²) >= 11 is 6.01. The largest absolute Gasteiger partial charge is 0.479 e. The lowest BCUT2D eigenvalue weighted by molar-refractivity contribution is 0.337. The van der Waals surface area contributed by atoms with Crippen LogP contribution in [-0.2, 0) is 0 Å². The Morgan fingerprint density at radius 3 is 2.52 bits per heavy atom. The van der Waals surface area contributed by atoms with Crippen LogP contribution >= 0.6 is 11.6 Å². The summed E-state index contributed by atoms with van der Waals surface area (Å²) in [7, 11) is 0. The SMILES string of the molecule is Oc1oc(-c2ccccc2)nc1C=Nc1ccccc1Cl. The van der Waals surface area contributed by atoms with Crippen molar-refractivity contribution in [1.82, 2.24) is 4.98 Å². The summed E-state index contributed by atoms with van der Waals surface area (Å²) < 4.78 is 5.24. The first-order chi connectivity index (χ1) is 10.2. The average molecular weight is 299 g/mol. The summed E-state index contributed by atoms with van der Waals surface area (Å²) in [6.07, 6.45) is 1.42. The van der Waals surface area contributed by atoms with Crippen LogP contribution in [0, 0.1) is 0 Å². The molecule has 1 aromatic heterocycles. The fraction of sp³-hybridized carbons (Fsp3) is 0. The Morgan fingerprint density at radius 1 is 1.05 bits per heavy atom. The van der Waals surface area contributed by atoms with Crippen molar-refractivity contribution in [3.05, 3.63) is 65.3 Å². The van der Waals surface area contributed by atoms with E-state index in [0.29, 0.717) is 16.6 Å². The molecule has 21 heavy (non-hydrogen) atoms. The van der Waals surface area contributed by atoms with Crippen molar-refractivity contribution in [2.45, 2.75) is 0 Å². The van der Waals surface area contributed by atoms with Gasteiger partial charge >= 0.3 is 5.95 Å². The van der Waals surface area contributed by atoms with E-state index < -0.39 is 0 Å². The van der Waals surface area contributed by atoms with E-state index in [-0.39, 0.29) is 11.6 Å². The van der Waals surface area contributed by atoms with Gasteiger partial charge in [0.15, 0.2) is 5.69 Å². The Balaban J connectivity index is 1.91. The van der Waals surface area contributed by atoms with Gasteiger partial charge in [-0.05, 0) is 24.3 Å². The maximum absolute atomic E-state index is 9.79. The molecule has 0 unspecified atom stereocenters. The van der Waals surface area contributed by atoms with Gasteiger partial charge in [-0.15, -0.1) is 0 Å². The fourth-order valence-corrected chi connectivity index (χ4v) is 1.98. The molecule has 0 fully saturated rings. The van der Waals surface area contributed by atoms with Crippen LogP contribution in [0.15, 0.2) is 64.0 Å². The van der Waals surface area contributed by atoms with Gasteiger partial charge in [0.05, 0.1) is 16.9 Å². The Bertz CT molecular complexity index is 782. The van der Waals surface area contributed by atoms with Crippen molar-refractivity contribution in [3.8, 4) is 17.4 Å². The minimum absolute atomic E-state index is 0.258. The molecule has 3 aromatic rings. The molecule has 104 valence electrons. The van der Waals surface area contributed by atoms with E-state index in [0.717, 1.165) is 5.56 Å². The Morgan fingerprint density at radius 2 is 1.76 bits per heavy atom. The summed E-state index contributed by atoms with van der Waals surface area (Å²) in [6.45, 7) is 0. The number of benzene rings is 2. The highest BCUT2D eigenvalue weighted by Gasteiger charge is 2.11. The van der Waals surface area contributed by atoms with Gasteiger partial charge in [0.2, 0.25) is 5.89 Å². The standard InChI is InChI=1S/C16H11ClN2O2/c17-12-8-4-5-9-13(12)18-10-14-16(20)21-15(19-14)11-6-2-1-3-7-11/h1-10,20H. The van der Waals surface area contributed by atoms with Crippen molar-refractivity contribution in [2.24, 2.45) is 4.99 Å². The number of halogens is 1. The molecule has 0 saturated heterocycles. The number of rotatable bonds is 3. The van der Waals surface area contributed by atoms with Gasteiger partial charge in [0, 0.05) is 5.56 Å². The van der Waals surface area contributed by atoms with E-state index in [4.69, 9.17) is 16.0 Å². The van der Waals surface area contributed by atoms with Crippen molar-refractivity contribution in [3.63, 3.8) is 0 Å². The molecule has 0 bridgehead atoms. The molecule has 0 aliphatic heterocycles. The number of aromatic hydroxyl groups is 1. The highest BCUT2D eigenvalue weighted by Crippen LogP contribution is 2.27. The maximum atomic E-state index is 9.79. The van der Waals surface area contributed by atoms with E-state index >= 15 is 0 Å². The van der Waals surface area contributed by atoms with E-state index in [1.165, 1.54) is 6.21 Å². The molecule has 0 spiro atoms. The second-order valence-corrected chi connectivity index (χ2v) is 4.69. The highest BCUT2D eigenvalue weighted by atomic mass is 35.5. The normalized spacial score (nSPS) is 11.1. The van der Waals surface area contributed by atoms with Gasteiger partial charge in [-0.2, -0.15) is 0 Å². The second kappa shape index (κ2) is 5.81. The van der Waals surface area contributed by atoms with Crippen LogP contribution in [-0.4, -0.2) is 16.3 Å². The molecule has 0 aliphatic carbocycles. The zero-order valence-corrected chi connectivity index (χ0v) is 11.7. The monoisotopic (exact) mass is 298 g/mol. The first kappa shape index (κ1) is 13.4. The highest BCUT2D eigenvalue weighted by molar-refractivity contribution is 6.33. The van der Waals surface area contributed by atoms with E-state index in [1.54, 1.807) is 12.1 Å². The molecule has 4 nitrogen and oxygen atoms in total. The lowest BCUT2D eigenvalue weighted by atomic mass is 10.2. The summed E-state index contributed by atoms with van der Waals surface area (Å²) in [5.41, 5.74) is 1.64. The number of para-hydroxylation sites is 1. The first-order valence-electron chi connectivity index (χ1n) is 6.28. The molecule has 3 rings (SSSR count). The molecular formula is C16H11ClN2O2. The number of nitrogens with zero attached hydrogens (tertiary/aromatic N) is 2. The van der Waals surface area contributed by atoms with E-state index in [9.17, 15) is 5.11 Å². The Labute approximate surface area is 126 Å². The predicted molar refractivity (Wildman–Crippen MR) is 82.3 cm³/mol. The van der Waals surface area contributed by atoms with Crippen LogP contribution in [0.3, 0.4) is 0 Å². The molecule has 0 aliphatic rings. The predicted octanol–water partition coefficient (Wildman–Crippen LogP) is 4.45. The van der Waals surface area contributed by atoms with Crippen LogP contribution in [0.25, 0.3) is 11.5 Å². The number of oxazole rings is 1. The summed E-state index contributed by atoms with van der Waals surface area (Å²) in [6, 6.07) is 16.5. The molecule has 0 atom stereocenters. The van der Waals surface area contributed by atoms with Gasteiger partial charge in [-0.1, -0.05) is 41.9 Å². The van der Waals surface area contributed by atoms with Crippen molar-refractivity contribution in [1.29, 1.82) is 0 Å². The molecule has 5 heteroatoms. The topological polar surface area (TPSA) is 58.6 Å². The third-order valence-corrected chi connectivity index (χ3v) is 3.15. The van der Waals surface area contributed by atoms with Gasteiger partial charge in [0.25, 0.3) is 0 Å². The van der Waals surface area contributed by atoms with Gasteiger partial charge in [-0.25, -0.2) is 4.98 Å². The molecule has 1 heterocycles. The van der Waals surface area contributed by atoms with Crippen LogP contribution < -0.4 is 0 Å². The number of aliphatic imine (C=N–C) groups is 1. The second-order valence-electron chi connectivity index (χ2n) is 4.29.